The minimum absolute atomic E-state index is 0.0106. The van der Waals surface area contributed by atoms with E-state index in [1.165, 1.54) is 6.20 Å². The number of nitrogens with one attached hydrogen (secondary N) is 2. The Bertz CT molecular complexity index is 574. The lowest BCUT2D eigenvalue weighted by Gasteiger charge is -2.21. The van der Waals surface area contributed by atoms with Crippen molar-refractivity contribution in [2.45, 2.75) is 51.1 Å². The van der Waals surface area contributed by atoms with Gasteiger partial charge in [-0.1, -0.05) is 20.3 Å². The predicted molar refractivity (Wildman–Crippen MR) is 84.7 cm³/mol. The topological polar surface area (TPSA) is 71.1 Å². The van der Waals surface area contributed by atoms with Crippen LogP contribution in [0.25, 0.3) is 0 Å². The van der Waals surface area contributed by atoms with E-state index in [4.69, 9.17) is 0 Å². The molecule has 0 bridgehead atoms. The van der Waals surface area contributed by atoms with Crippen molar-refractivity contribution in [3.05, 3.63) is 18.3 Å². The maximum Gasteiger partial charge on any atom is 0.260 e. The first-order valence-corrected chi connectivity index (χ1v) is 9.19. The zero-order valence-electron chi connectivity index (χ0n) is 13.0. The second kappa shape index (κ2) is 6.75. The molecule has 0 saturated heterocycles. The molecule has 6 heteroatoms. The smallest absolute Gasteiger partial charge is 0.260 e. The Morgan fingerprint density at radius 2 is 2.10 bits per heavy atom. The van der Waals surface area contributed by atoms with Crippen LogP contribution in [0.2, 0.25) is 0 Å². The van der Waals surface area contributed by atoms with Gasteiger partial charge in [0.05, 0.1) is 5.69 Å². The highest BCUT2D eigenvalue weighted by atomic mass is 32.2. The standard InChI is InChI=1S/C15H25N3O2S/c1-4-12-8-9-13(11(12)3)18-21(19,20)15-14(16-5-2)7-6-10-17-15/h6-7,10-13,16,18H,4-5,8-9H2,1-3H3. The number of pyridine rings is 1. The van der Waals surface area contributed by atoms with Crippen molar-refractivity contribution >= 4 is 15.7 Å². The molecule has 1 fully saturated rings. The molecule has 0 aliphatic heterocycles. The van der Waals surface area contributed by atoms with Gasteiger partial charge in [0.25, 0.3) is 10.0 Å². The molecule has 1 aromatic rings. The van der Waals surface area contributed by atoms with Crippen molar-refractivity contribution in [2.24, 2.45) is 11.8 Å². The molecular formula is C15H25N3O2S. The Hall–Kier alpha value is -1.14. The summed E-state index contributed by atoms with van der Waals surface area (Å²) < 4.78 is 28.1. The fourth-order valence-electron chi connectivity index (χ4n) is 3.18. The second-order valence-corrected chi connectivity index (χ2v) is 7.35. The van der Waals surface area contributed by atoms with Gasteiger partial charge >= 0.3 is 0 Å². The first kappa shape index (κ1) is 16.2. The first-order valence-electron chi connectivity index (χ1n) is 7.70. The van der Waals surface area contributed by atoms with Gasteiger partial charge in [-0.2, -0.15) is 0 Å². The van der Waals surface area contributed by atoms with E-state index in [0.29, 0.717) is 24.1 Å². The number of aromatic nitrogens is 1. The van der Waals surface area contributed by atoms with Crippen LogP contribution in [0.3, 0.4) is 0 Å². The van der Waals surface area contributed by atoms with E-state index in [1.54, 1.807) is 12.1 Å². The maximum atomic E-state index is 12.6. The molecule has 3 atom stereocenters. The summed E-state index contributed by atoms with van der Waals surface area (Å²) in [4.78, 5) is 4.06. The van der Waals surface area contributed by atoms with Crippen molar-refractivity contribution in [2.75, 3.05) is 11.9 Å². The van der Waals surface area contributed by atoms with Crippen molar-refractivity contribution in [1.82, 2.24) is 9.71 Å². The van der Waals surface area contributed by atoms with Gasteiger partial charge in [-0.15, -0.1) is 0 Å². The molecule has 1 aromatic heterocycles. The van der Waals surface area contributed by atoms with Gasteiger partial charge in [0, 0.05) is 18.8 Å². The van der Waals surface area contributed by atoms with Crippen LogP contribution < -0.4 is 10.0 Å². The molecule has 0 aromatic carbocycles. The maximum absolute atomic E-state index is 12.6. The highest BCUT2D eigenvalue weighted by Crippen LogP contribution is 2.34. The summed E-state index contributed by atoms with van der Waals surface area (Å²) in [5, 5.41) is 3.15. The number of sulfonamides is 1. The monoisotopic (exact) mass is 311 g/mol. The summed E-state index contributed by atoms with van der Waals surface area (Å²) in [6.07, 6.45) is 4.61. The van der Waals surface area contributed by atoms with Crippen LogP contribution in [0.4, 0.5) is 5.69 Å². The lowest BCUT2D eigenvalue weighted by molar-refractivity contribution is 0.368. The average Bonchev–Trinajstić information content (AvgIpc) is 2.80. The van der Waals surface area contributed by atoms with Crippen LogP contribution >= 0.6 is 0 Å². The molecule has 3 unspecified atom stereocenters. The van der Waals surface area contributed by atoms with Gasteiger partial charge in [0.15, 0.2) is 5.03 Å². The van der Waals surface area contributed by atoms with Crippen molar-refractivity contribution < 1.29 is 8.42 Å². The highest BCUT2D eigenvalue weighted by Gasteiger charge is 2.35. The Balaban J connectivity index is 2.20. The quantitative estimate of drug-likeness (QED) is 0.847. The normalized spacial score (nSPS) is 26.0. The van der Waals surface area contributed by atoms with Crippen molar-refractivity contribution in [3.8, 4) is 0 Å². The molecule has 1 heterocycles. The third-order valence-electron chi connectivity index (χ3n) is 4.45. The average molecular weight is 311 g/mol. The van der Waals surface area contributed by atoms with Crippen LogP contribution in [0.5, 0.6) is 0 Å². The van der Waals surface area contributed by atoms with E-state index in [-0.39, 0.29) is 11.1 Å². The molecule has 21 heavy (non-hydrogen) atoms. The summed E-state index contributed by atoms with van der Waals surface area (Å²) in [6.45, 7) is 6.89. The van der Waals surface area contributed by atoms with Crippen LogP contribution in [-0.2, 0) is 10.0 Å². The van der Waals surface area contributed by atoms with Gasteiger partial charge in [0.2, 0.25) is 0 Å². The minimum atomic E-state index is -3.58. The van der Waals surface area contributed by atoms with E-state index >= 15 is 0 Å². The zero-order chi connectivity index (χ0) is 15.5. The second-order valence-electron chi connectivity index (χ2n) is 5.72. The van der Waals surface area contributed by atoms with Gasteiger partial charge in [-0.05, 0) is 43.7 Å². The molecule has 0 spiro atoms. The first-order chi connectivity index (χ1) is 9.99. The van der Waals surface area contributed by atoms with E-state index in [2.05, 4.69) is 28.9 Å². The van der Waals surface area contributed by atoms with Gasteiger partial charge < -0.3 is 5.32 Å². The molecule has 1 saturated carbocycles. The zero-order valence-corrected chi connectivity index (χ0v) is 13.8. The van der Waals surface area contributed by atoms with Gasteiger partial charge in [0.1, 0.15) is 0 Å². The van der Waals surface area contributed by atoms with Crippen LogP contribution in [0.15, 0.2) is 23.4 Å². The minimum Gasteiger partial charge on any atom is -0.383 e. The molecule has 1 aliphatic carbocycles. The number of hydrogen-bond donors (Lipinski definition) is 2. The van der Waals surface area contributed by atoms with Crippen LogP contribution in [-0.4, -0.2) is 26.0 Å². The van der Waals surface area contributed by atoms with Crippen LogP contribution in [0.1, 0.15) is 40.0 Å². The van der Waals surface area contributed by atoms with E-state index < -0.39 is 10.0 Å². The van der Waals surface area contributed by atoms with Gasteiger partial charge in [-0.3, -0.25) is 0 Å². The summed E-state index contributed by atoms with van der Waals surface area (Å²) in [5.41, 5.74) is 0.560. The van der Waals surface area contributed by atoms with E-state index in [9.17, 15) is 8.42 Å². The number of hydrogen-bond acceptors (Lipinski definition) is 4. The predicted octanol–water partition coefficient (Wildman–Crippen LogP) is 2.62. The van der Waals surface area contributed by atoms with E-state index in [1.807, 2.05) is 6.92 Å². The summed E-state index contributed by atoms with van der Waals surface area (Å²) in [6, 6.07) is 3.50. The molecule has 118 valence electrons. The lowest BCUT2D eigenvalue weighted by atomic mass is 9.94. The third-order valence-corrected chi connectivity index (χ3v) is 5.90. The lowest BCUT2D eigenvalue weighted by Crippen LogP contribution is -2.38. The van der Waals surface area contributed by atoms with Crippen molar-refractivity contribution in [3.63, 3.8) is 0 Å². The molecule has 2 N–H and O–H groups in total. The van der Waals surface area contributed by atoms with Gasteiger partial charge in [-0.25, -0.2) is 18.1 Å². The molecule has 1 aliphatic rings. The molecule has 0 amide bonds. The number of anilines is 1. The summed E-state index contributed by atoms with van der Waals surface area (Å²) >= 11 is 0. The third kappa shape index (κ3) is 3.55. The highest BCUT2D eigenvalue weighted by molar-refractivity contribution is 7.89. The summed E-state index contributed by atoms with van der Waals surface area (Å²) in [7, 11) is -3.58. The summed E-state index contributed by atoms with van der Waals surface area (Å²) in [5.74, 6) is 0.978. The largest absolute Gasteiger partial charge is 0.383 e. The molecule has 2 rings (SSSR count). The SMILES string of the molecule is CCNc1cccnc1S(=O)(=O)NC1CCC(CC)C1C. The van der Waals surface area contributed by atoms with Crippen LogP contribution in [0, 0.1) is 11.8 Å². The Labute approximate surface area is 127 Å². The molecule has 0 radical (unpaired) electrons. The Kier molecular flexibility index (Phi) is 5.22. The number of rotatable bonds is 6. The molecule has 5 nitrogen and oxygen atoms in total. The fraction of sp³-hybridized carbons (Fsp3) is 0.667. The fourth-order valence-corrected chi connectivity index (χ4v) is 4.65. The number of nitrogens with zero attached hydrogens (tertiary/aromatic N) is 1. The Morgan fingerprint density at radius 1 is 1.33 bits per heavy atom. The molecular weight excluding hydrogens is 286 g/mol. The Morgan fingerprint density at radius 3 is 2.71 bits per heavy atom. The van der Waals surface area contributed by atoms with E-state index in [0.717, 1.165) is 19.3 Å². The van der Waals surface area contributed by atoms with Crippen molar-refractivity contribution in [1.29, 1.82) is 0 Å².